The van der Waals surface area contributed by atoms with Gasteiger partial charge in [0.05, 0.1) is 15.1 Å². The van der Waals surface area contributed by atoms with Gasteiger partial charge < -0.3 is 0 Å². The highest BCUT2D eigenvalue weighted by Gasteiger charge is 2.16. The Hall–Kier alpha value is -0.540. The molecule has 0 fully saturated rings. The van der Waals surface area contributed by atoms with Gasteiger partial charge in [-0.15, -0.1) is 0 Å². The summed E-state index contributed by atoms with van der Waals surface area (Å²) in [6.07, 6.45) is -2.63. The van der Waals surface area contributed by atoms with Gasteiger partial charge in [0.15, 0.2) is 0 Å². The molecule has 0 N–H and O–H groups in total. The van der Waals surface area contributed by atoms with Crippen LogP contribution in [0.3, 0.4) is 0 Å². The van der Waals surface area contributed by atoms with Gasteiger partial charge in [-0.3, -0.25) is 0 Å². The second-order valence-corrected chi connectivity index (χ2v) is 5.35. The van der Waals surface area contributed by atoms with Gasteiger partial charge in [0, 0.05) is 16.1 Å². The van der Waals surface area contributed by atoms with Crippen molar-refractivity contribution in [2.24, 2.45) is 0 Å². The smallest absolute Gasteiger partial charge is 0.205 e. The van der Waals surface area contributed by atoms with Gasteiger partial charge in [-0.1, -0.05) is 58.5 Å². The molecule has 2 rings (SSSR count). The second kappa shape index (κ2) is 5.84. The van der Waals surface area contributed by atoms with Crippen molar-refractivity contribution in [3.63, 3.8) is 0 Å². The van der Waals surface area contributed by atoms with E-state index >= 15 is 0 Å². The molecule has 0 heterocycles. The third-order valence-corrected chi connectivity index (χ3v) is 4.01. The van der Waals surface area contributed by atoms with Gasteiger partial charge >= 0.3 is 0 Å². The maximum atomic E-state index is 12.6. The molecule has 0 nitrogen and oxygen atoms in total. The molecule has 2 aromatic carbocycles. The van der Waals surface area contributed by atoms with E-state index in [2.05, 4.69) is 0 Å². The second-order valence-electron chi connectivity index (χ2n) is 3.76. The summed E-state index contributed by atoms with van der Waals surface area (Å²) in [5.41, 5.74) is 0.769. The summed E-state index contributed by atoms with van der Waals surface area (Å²) < 4.78 is 25.3. The fourth-order valence-electron chi connectivity index (χ4n) is 1.65. The lowest BCUT2D eigenvalue weighted by Gasteiger charge is -2.11. The molecule has 0 saturated carbocycles. The van der Waals surface area contributed by atoms with Crippen molar-refractivity contribution in [1.82, 2.24) is 0 Å². The van der Waals surface area contributed by atoms with Crippen molar-refractivity contribution >= 4 is 46.4 Å². The van der Waals surface area contributed by atoms with E-state index < -0.39 is 6.43 Å². The molecule has 0 bridgehead atoms. The van der Waals surface area contributed by atoms with E-state index in [4.69, 9.17) is 46.4 Å². The highest BCUT2D eigenvalue weighted by atomic mass is 35.5. The van der Waals surface area contributed by atoms with Crippen LogP contribution in [0.5, 0.6) is 0 Å². The molecule has 100 valence electrons. The van der Waals surface area contributed by atoms with Crippen LogP contribution in [0.4, 0.5) is 8.78 Å². The Morgan fingerprint density at radius 3 is 2.00 bits per heavy atom. The van der Waals surface area contributed by atoms with Gasteiger partial charge in [0.25, 0.3) is 6.43 Å². The molecule has 0 aliphatic rings. The number of alkyl halides is 2. The zero-order valence-corrected chi connectivity index (χ0v) is 12.3. The third kappa shape index (κ3) is 2.97. The molecule has 0 unspecified atom stereocenters. The first-order chi connectivity index (χ1) is 8.91. The topological polar surface area (TPSA) is 0 Å². The Balaban J connectivity index is 2.61. The highest BCUT2D eigenvalue weighted by molar-refractivity contribution is 6.46. The molecular formula is C13H6Cl4F2. The van der Waals surface area contributed by atoms with Gasteiger partial charge in [0.2, 0.25) is 0 Å². The Kier molecular flexibility index (Phi) is 4.57. The van der Waals surface area contributed by atoms with E-state index in [1.165, 1.54) is 18.2 Å². The fourth-order valence-corrected chi connectivity index (χ4v) is 2.66. The molecule has 2 aromatic rings. The van der Waals surface area contributed by atoms with E-state index in [-0.39, 0.29) is 15.6 Å². The van der Waals surface area contributed by atoms with E-state index in [9.17, 15) is 8.78 Å². The minimum absolute atomic E-state index is 0.0420. The van der Waals surface area contributed by atoms with Crippen molar-refractivity contribution in [1.29, 1.82) is 0 Å². The summed E-state index contributed by atoms with van der Waals surface area (Å²) in [5, 5.41) is 0.917. The first-order valence-corrected chi connectivity index (χ1v) is 6.64. The normalized spacial score (nSPS) is 11.1. The van der Waals surface area contributed by atoms with E-state index in [1.807, 2.05) is 0 Å². The van der Waals surface area contributed by atoms with Crippen molar-refractivity contribution in [2.45, 2.75) is 6.43 Å². The van der Waals surface area contributed by atoms with Crippen molar-refractivity contribution in [3.05, 3.63) is 56.0 Å². The molecule has 0 spiro atoms. The monoisotopic (exact) mass is 340 g/mol. The first kappa shape index (κ1) is 14.9. The number of halogens is 6. The number of hydrogen-bond acceptors (Lipinski definition) is 0. The predicted octanol–water partition coefficient (Wildman–Crippen LogP) is 6.90. The number of hydrogen-bond donors (Lipinski definition) is 0. The van der Waals surface area contributed by atoms with Crippen LogP contribution < -0.4 is 0 Å². The maximum absolute atomic E-state index is 12.6. The molecule has 0 atom stereocenters. The Morgan fingerprint density at radius 2 is 1.42 bits per heavy atom. The van der Waals surface area contributed by atoms with Crippen molar-refractivity contribution in [2.75, 3.05) is 0 Å². The summed E-state index contributed by atoms with van der Waals surface area (Å²) in [4.78, 5) is 0. The van der Waals surface area contributed by atoms with Gasteiger partial charge in [-0.2, -0.15) is 0 Å². The van der Waals surface area contributed by atoms with Crippen LogP contribution in [0.25, 0.3) is 11.1 Å². The lowest BCUT2D eigenvalue weighted by molar-refractivity contribution is 0.151. The van der Waals surface area contributed by atoms with Crippen LogP contribution in [-0.2, 0) is 0 Å². The molecule has 0 saturated heterocycles. The van der Waals surface area contributed by atoms with E-state index in [0.717, 1.165) is 0 Å². The highest BCUT2D eigenvalue weighted by Crippen LogP contribution is 2.41. The summed E-state index contributed by atoms with van der Waals surface area (Å²) >= 11 is 23.9. The third-order valence-electron chi connectivity index (χ3n) is 2.57. The molecule has 0 amide bonds. The molecular weight excluding hydrogens is 336 g/mol. The summed E-state index contributed by atoms with van der Waals surface area (Å²) in [7, 11) is 0. The molecule has 0 aromatic heterocycles. The summed E-state index contributed by atoms with van der Waals surface area (Å²) in [6.45, 7) is 0. The maximum Gasteiger partial charge on any atom is 0.265 e. The van der Waals surface area contributed by atoms with E-state index in [0.29, 0.717) is 21.2 Å². The molecule has 0 radical (unpaired) electrons. The standard InChI is InChI=1S/C13H6Cl4F2/c14-8-3-4-9(15)12(17)11(8)6-1-2-7(13(18)19)10(16)5-6/h1-5,13H. The zero-order chi connectivity index (χ0) is 14.2. The van der Waals surface area contributed by atoms with Crippen LogP contribution in [-0.4, -0.2) is 0 Å². The van der Waals surface area contributed by atoms with Crippen LogP contribution in [0, 0.1) is 0 Å². The number of rotatable bonds is 2. The zero-order valence-electron chi connectivity index (χ0n) is 9.23. The fraction of sp³-hybridized carbons (Fsp3) is 0.0769. The molecule has 19 heavy (non-hydrogen) atoms. The SMILES string of the molecule is FC(F)c1ccc(-c2c(Cl)ccc(Cl)c2Cl)cc1Cl. The lowest BCUT2D eigenvalue weighted by atomic mass is 10.0. The minimum Gasteiger partial charge on any atom is -0.205 e. The largest absolute Gasteiger partial charge is 0.265 e. The van der Waals surface area contributed by atoms with Gasteiger partial charge in [-0.05, 0) is 23.8 Å². The average molecular weight is 342 g/mol. The Morgan fingerprint density at radius 1 is 0.789 bits per heavy atom. The van der Waals surface area contributed by atoms with Gasteiger partial charge in [0.1, 0.15) is 0 Å². The molecule has 6 heteroatoms. The van der Waals surface area contributed by atoms with Crippen LogP contribution in [0.1, 0.15) is 12.0 Å². The Bertz CT molecular complexity index is 626. The molecule has 0 aliphatic carbocycles. The minimum atomic E-state index is -2.63. The van der Waals surface area contributed by atoms with Crippen molar-refractivity contribution in [3.8, 4) is 11.1 Å². The van der Waals surface area contributed by atoms with Crippen molar-refractivity contribution < 1.29 is 8.78 Å². The number of benzene rings is 2. The molecule has 0 aliphatic heterocycles. The van der Waals surface area contributed by atoms with Gasteiger partial charge in [-0.25, -0.2) is 8.78 Å². The first-order valence-electron chi connectivity index (χ1n) is 5.13. The Labute approximate surface area is 128 Å². The predicted molar refractivity (Wildman–Crippen MR) is 76.9 cm³/mol. The van der Waals surface area contributed by atoms with Crippen LogP contribution >= 0.6 is 46.4 Å². The summed E-state index contributed by atoms with van der Waals surface area (Å²) in [5.74, 6) is 0. The average Bonchev–Trinajstić information content (AvgIpc) is 2.34. The quantitative estimate of drug-likeness (QED) is 0.521. The summed E-state index contributed by atoms with van der Waals surface area (Å²) in [6, 6.07) is 7.27. The van der Waals surface area contributed by atoms with E-state index in [1.54, 1.807) is 12.1 Å². The lowest BCUT2D eigenvalue weighted by Crippen LogP contribution is -1.88. The van der Waals surface area contributed by atoms with Crippen LogP contribution in [0.2, 0.25) is 20.1 Å². The van der Waals surface area contributed by atoms with Crippen LogP contribution in [0.15, 0.2) is 30.3 Å².